The zero-order chi connectivity index (χ0) is 30.3. The van der Waals surface area contributed by atoms with Crippen molar-refractivity contribution in [3.63, 3.8) is 0 Å². The second-order valence-corrected chi connectivity index (χ2v) is 11.7. The van der Waals surface area contributed by atoms with E-state index in [4.69, 9.17) is 9.47 Å². The summed E-state index contributed by atoms with van der Waals surface area (Å²) >= 11 is 1.62. The minimum atomic E-state index is -0.537. The summed E-state index contributed by atoms with van der Waals surface area (Å²) in [5, 5.41) is 21.5. The summed E-state index contributed by atoms with van der Waals surface area (Å²) in [7, 11) is 1.93. The number of aliphatic hydroxyl groups excluding tert-OH is 1. The Bertz CT molecular complexity index is 1680. The summed E-state index contributed by atoms with van der Waals surface area (Å²) in [5.41, 5.74) is 6.64. The van der Waals surface area contributed by atoms with Gasteiger partial charge in [-0.1, -0.05) is 96.7 Å². The monoisotopic (exact) mass is 606 g/mol. The zero-order valence-corrected chi connectivity index (χ0v) is 25.2. The van der Waals surface area contributed by atoms with Gasteiger partial charge in [-0.3, -0.25) is 4.79 Å². The molecule has 4 aromatic carbocycles. The Balaban J connectivity index is 1.16. The van der Waals surface area contributed by atoms with Gasteiger partial charge in [0.15, 0.2) is 11.4 Å². The second-order valence-electron chi connectivity index (χ2n) is 10.8. The number of nitrogens with zero attached hydrogens (tertiary/aromatic N) is 3. The van der Waals surface area contributed by atoms with Crippen LogP contribution in [0.1, 0.15) is 51.4 Å². The predicted octanol–water partition coefficient (Wildman–Crippen LogP) is 6.24. The highest BCUT2D eigenvalue weighted by molar-refractivity contribution is 7.99. The maximum absolute atomic E-state index is 12.5. The van der Waals surface area contributed by atoms with Gasteiger partial charge in [-0.05, 0) is 46.0 Å². The highest BCUT2D eigenvalue weighted by atomic mass is 32.2. The first-order chi connectivity index (χ1) is 21.6. The summed E-state index contributed by atoms with van der Waals surface area (Å²) in [6.07, 6.45) is 1.63. The topological polar surface area (TPSA) is 98.5 Å². The van der Waals surface area contributed by atoms with Gasteiger partial charge in [0, 0.05) is 36.9 Å². The van der Waals surface area contributed by atoms with E-state index in [1.807, 2.05) is 78.3 Å². The fourth-order valence-corrected chi connectivity index (χ4v) is 6.07. The summed E-state index contributed by atoms with van der Waals surface area (Å²) in [4.78, 5) is 12.5. The number of aryl methyl sites for hydroxylation is 1. The number of hydrogen-bond acceptors (Lipinski definition) is 7. The van der Waals surface area contributed by atoms with E-state index >= 15 is 0 Å². The third-order valence-electron chi connectivity index (χ3n) is 7.62. The van der Waals surface area contributed by atoms with Crippen molar-refractivity contribution in [1.29, 1.82) is 0 Å². The van der Waals surface area contributed by atoms with Crippen LogP contribution in [0.25, 0.3) is 11.1 Å². The summed E-state index contributed by atoms with van der Waals surface area (Å²) in [6.45, 7) is 0.448. The largest absolute Gasteiger partial charge is 0.392 e. The van der Waals surface area contributed by atoms with Crippen LogP contribution in [0, 0.1) is 0 Å². The molecule has 224 valence electrons. The normalized spacial score (nSPS) is 18.2. The number of hydrogen-bond donors (Lipinski definition) is 2. The van der Waals surface area contributed by atoms with Crippen molar-refractivity contribution >= 4 is 17.7 Å². The molecule has 0 aliphatic carbocycles. The maximum atomic E-state index is 12.5. The average molecular weight is 607 g/mol. The molecule has 1 fully saturated rings. The molecule has 2 N–H and O–H groups in total. The van der Waals surface area contributed by atoms with Gasteiger partial charge in [-0.15, -0.1) is 10.2 Å². The number of amides is 1. The Hall–Kier alpha value is -4.28. The lowest BCUT2D eigenvalue weighted by atomic mass is 9.99. The lowest BCUT2D eigenvalue weighted by Crippen LogP contribution is -2.31. The van der Waals surface area contributed by atoms with Crippen molar-refractivity contribution in [1.82, 2.24) is 20.1 Å². The van der Waals surface area contributed by atoms with Crippen molar-refractivity contribution in [2.24, 2.45) is 7.05 Å². The van der Waals surface area contributed by atoms with E-state index in [0.29, 0.717) is 24.3 Å². The second kappa shape index (κ2) is 14.0. The minimum Gasteiger partial charge on any atom is -0.392 e. The number of carbonyl (C=O) groups excluding carboxylic acids is 1. The zero-order valence-electron chi connectivity index (χ0n) is 24.4. The Labute approximate surface area is 261 Å². The first-order valence-corrected chi connectivity index (χ1v) is 15.5. The molecule has 8 nitrogen and oxygen atoms in total. The molecule has 1 saturated heterocycles. The number of aromatic nitrogens is 3. The van der Waals surface area contributed by atoms with E-state index in [9.17, 15) is 9.90 Å². The fraction of sp³-hybridized carbons (Fsp3) is 0.229. The molecule has 9 heteroatoms. The van der Waals surface area contributed by atoms with Crippen molar-refractivity contribution in [2.75, 3.05) is 5.75 Å². The maximum Gasteiger partial charge on any atom is 0.251 e. The van der Waals surface area contributed by atoms with Gasteiger partial charge >= 0.3 is 0 Å². The van der Waals surface area contributed by atoms with Crippen LogP contribution in [-0.2, 0) is 29.7 Å². The van der Waals surface area contributed by atoms with E-state index in [1.165, 1.54) is 0 Å². The van der Waals surface area contributed by atoms with Gasteiger partial charge in [0.2, 0.25) is 0 Å². The third kappa shape index (κ3) is 7.26. The summed E-state index contributed by atoms with van der Waals surface area (Å²) in [6, 6.07) is 33.6. The molecule has 2 heterocycles. The van der Waals surface area contributed by atoms with Crippen LogP contribution in [0.5, 0.6) is 0 Å². The van der Waals surface area contributed by atoms with Gasteiger partial charge in [-0.25, -0.2) is 0 Å². The standard InChI is InChI=1S/C35H34N4O4S/c1-39-23-37-38-35(39)44-22-31-19-32(27-12-10-24(21-40)11-13-27)43-34(42-31)29-16-14-26(15-17-29)30-9-5-6-25(18-30)20-36-33(41)28-7-3-2-4-8-28/h2-18,23,31-32,34,40H,19-22H2,1H3,(H,36,41). The van der Waals surface area contributed by atoms with Gasteiger partial charge in [0.05, 0.1) is 18.8 Å². The molecule has 3 atom stereocenters. The highest BCUT2D eigenvalue weighted by Crippen LogP contribution is 2.39. The molecule has 5 aromatic rings. The molecule has 0 radical (unpaired) electrons. The van der Waals surface area contributed by atoms with Crippen molar-refractivity contribution in [3.8, 4) is 11.1 Å². The van der Waals surface area contributed by atoms with Gasteiger partial charge in [0.1, 0.15) is 6.33 Å². The van der Waals surface area contributed by atoms with Crippen LogP contribution in [0.2, 0.25) is 0 Å². The van der Waals surface area contributed by atoms with Crippen LogP contribution in [0.3, 0.4) is 0 Å². The quantitative estimate of drug-likeness (QED) is 0.182. The first-order valence-electron chi connectivity index (χ1n) is 14.6. The van der Waals surface area contributed by atoms with Crippen LogP contribution in [0.4, 0.5) is 0 Å². The lowest BCUT2D eigenvalue weighted by Gasteiger charge is -2.36. The van der Waals surface area contributed by atoms with E-state index < -0.39 is 6.29 Å². The molecule has 44 heavy (non-hydrogen) atoms. The van der Waals surface area contributed by atoms with E-state index in [-0.39, 0.29) is 24.7 Å². The summed E-state index contributed by atoms with van der Waals surface area (Å²) in [5.74, 6) is 0.618. The van der Waals surface area contributed by atoms with Gasteiger partial charge < -0.3 is 24.5 Å². The number of nitrogens with one attached hydrogen (secondary N) is 1. The van der Waals surface area contributed by atoms with E-state index in [0.717, 1.165) is 38.5 Å². The van der Waals surface area contributed by atoms with Crippen molar-refractivity contribution in [2.45, 2.75) is 43.2 Å². The molecule has 1 aliphatic heterocycles. The number of ether oxygens (including phenoxy) is 2. The predicted molar refractivity (Wildman–Crippen MR) is 170 cm³/mol. The molecule has 1 aromatic heterocycles. The Morgan fingerprint density at radius 2 is 1.68 bits per heavy atom. The molecular formula is C35H34N4O4S. The number of rotatable bonds is 10. The Kier molecular flexibility index (Phi) is 9.48. The minimum absolute atomic E-state index is 0.00604. The third-order valence-corrected chi connectivity index (χ3v) is 8.78. The van der Waals surface area contributed by atoms with Crippen LogP contribution in [0.15, 0.2) is 115 Å². The number of benzene rings is 4. The summed E-state index contributed by atoms with van der Waals surface area (Å²) < 4.78 is 14.9. The molecular weight excluding hydrogens is 572 g/mol. The highest BCUT2D eigenvalue weighted by Gasteiger charge is 2.32. The van der Waals surface area contributed by atoms with E-state index in [1.54, 1.807) is 30.2 Å². The average Bonchev–Trinajstić information content (AvgIpc) is 3.51. The molecule has 6 rings (SSSR count). The Morgan fingerprint density at radius 1 is 0.909 bits per heavy atom. The van der Waals surface area contributed by atoms with Crippen LogP contribution >= 0.6 is 11.8 Å². The van der Waals surface area contributed by atoms with Crippen LogP contribution in [-0.4, -0.2) is 37.6 Å². The molecule has 1 amide bonds. The molecule has 0 spiro atoms. The molecule has 3 unspecified atom stereocenters. The molecule has 0 saturated carbocycles. The van der Waals surface area contributed by atoms with Crippen molar-refractivity contribution in [3.05, 3.63) is 137 Å². The van der Waals surface area contributed by atoms with Crippen LogP contribution < -0.4 is 5.32 Å². The molecule has 0 bridgehead atoms. The first kappa shape index (κ1) is 29.8. The van der Waals surface area contributed by atoms with Gasteiger partial charge in [-0.2, -0.15) is 0 Å². The molecule has 1 aliphatic rings. The van der Waals surface area contributed by atoms with Gasteiger partial charge in [0.25, 0.3) is 5.91 Å². The lowest BCUT2D eigenvalue weighted by molar-refractivity contribution is -0.245. The van der Waals surface area contributed by atoms with E-state index in [2.05, 4.69) is 39.8 Å². The SMILES string of the molecule is Cn1cnnc1SCC1CC(c2ccc(CO)cc2)OC(c2ccc(-c3cccc(CNC(=O)c4ccccc4)c3)cc2)O1. The van der Waals surface area contributed by atoms with Crippen molar-refractivity contribution < 1.29 is 19.4 Å². The smallest absolute Gasteiger partial charge is 0.251 e. The fourth-order valence-electron chi connectivity index (χ4n) is 5.16. The number of carbonyl (C=O) groups is 1. The Morgan fingerprint density at radius 3 is 2.41 bits per heavy atom. The number of thioether (sulfide) groups is 1. The number of aliphatic hydroxyl groups is 1.